The molecule has 0 fully saturated rings. The first-order valence-corrected chi connectivity index (χ1v) is 9.23. The normalized spacial score (nSPS) is 15.7. The van der Waals surface area contributed by atoms with Crippen molar-refractivity contribution in [2.24, 2.45) is 0 Å². The molecular weight excluding hydrogens is 387 g/mol. The van der Waals surface area contributed by atoms with Crippen molar-refractivity contribution in [3.63, 3.8) is 0 Å². The van der Waals surface area contributed by atoms with Crippen LogP contribution in [-0.4, -0.2) is 35.8 Å². The van der Waals surface area contributed by atoms with Crippen molar-refractivity contribution in [1.29, 1.82) is 0 Å². The number of aromatic nitrogens is 1. The number of ether oxygens (including phenoxy) is 2. The molecule has 25 heavy (non-hydrogen) atoms. The predicted molar refractivity (Wildman–Crippen MR) is 95.4 cm³/mol. The monoisotopic (exact) mass is 402 g/mol. The molecule has 1 aromatic heterocycles. The second-order valence-corrected chi connectivity index (χ2v) is 7.13. The minimum Gasteiger partial charge on any atom is -0.476 e. The lowest BCUT2D eigenvalue weighted by Crippen LogP contribution is -2.30. The highest BCUT2D eigenvalue weighted by Gasteiger charge is 2.32. The van der Waals surface area contributed by atoms with Crippen molar-refractivity contribution in [3.05, 3.63) is 43.7 Å². The van der Waals surface area contributed by atoms with Gasteiger partial charge in [-0.2, -0.15) is 0 Å². The summed E-state index contributed by atoms with van der Waals surface area (Å²) in [4.78, 5) is 17.4. The molecule has 1 unspecified atom stereocenters. The van der Waals surface area contributed by atoms with E-state index < -0.39 is 0 Å². The van der Waals surface area contributed by atoms with Gasteiger partial charge in [-0.15, -0.1) is 11.3 Å². The van der Waals surface area contributed by atoms with Crippen LogP contribution in [0.1, 0.15) is 21.9 Å². The number of rotatable bonds is 7. The van der Waals surface area contributed by atoms with Crippen LogP contribution in [0.2, 0.25) is 10.0 Å². The van der Waals surface area contributed by atoms with Gasteiger partial charge in [0.25, 0.3) is 0 Å². The van der Waals surface area contributed by atoms with Crippen LogP contribution in [-0.2, 0) is 22.7 Å². The molecule has 6 nitrogen and oxygen atoms in total. The van der Waals surface area contributed by atoms with Gasteiger partial charge in [0.15, 0.2) is 0 Å². The van der Waals surface area contributed by atoms with E-state index in [1.807, 2.05) is 0 Å². The third-order valence-electron chi connectivity index (χ3n) is 3.77. The van der Waals surface area contributed by atoms with Crippen molar-refractivity contribution in [1.82, 2.24) is 10.3 Å². The molecule has 3 rings (SSSR count). The van der Waals surface area contributed by atoms with Gasteiger partial charge in [0.2, 0.25) is 11.8 Å². The summed E-state index contributed by atoms with van der Waals surface area (Å²) >= 11 is 13.7. The number of aliphatic hydroxyl groups is 1. The maximum Gasteiger partial charge on any atom is 0.232 e. The molecule has 134 valence electrons. The third kappa shape index (κ3) is 4.24. The Balaban J connectivity index is 1.69. The summed E-state index contributed by atoms with van der Waals surface area (Å²) in [7, 11) is 0. The average Bonchev–Trinajstić information content (AvgIpc) is 3.17. The van der Waals surface area contributed by atoms with Crippen LogP contribution in [0.3, 0.4) is 0 Å². The average molecular weight is 403 g/mol. The van der Waals surface area contributed by atoms with Gasteiger partial charge >= 0.3 is 0 Å². The maximum atomic E-state index is 12.5. The number of carbonyl (C=O) groups excluding carboxylic acids is 1. The van der Waals surface area contributed by atoms with Gasteiger partial charge in [-0.3, -0.25) is 4.79 Å². The molecule has 1 aliphatic heterocycles. The van der Waals surface area contributed by atoms with E-state index in [1.54, 1.807) is 17.6 Å². The summed E-state index contributed by atoms with van der Waals surface area (Å²) in [6, 6.07) is 3.37. The zero-order chi connectivity index (χ0) is 17.8. The highest BCUT2D eigenvalue weighted by molar-refractivity contribution is 7.10. The Morgan fingerprint density at radius 2 is 2.32 bits per heavy atom. The van der Waals surface area contributed by atoms with Gasteiger partial charge in [-0.1, -0.05) is 23.2 Å². The van der Waals surface area contributed by atoms with Gasteiger partial charge in [-0.05, 0) is 23.3 Å². The quantitative estimate of drug-likeness (QED) is 0.695. The number of nitrogens with one attached hydrogen (secondary N) is 1. The van der Waals surface area contributed by atoms with Crippen LogP contribution in [0, 0.1) is 0 Å². The molecule has 1 aliphatic rings. The zero-order valence-electron chi connectivity index (χ0n) is 13.1. The fourth-order valence-electron chi connectivity index (χ4n) is 2.55. The minimum atomic E-state index is -0.359. The van der Waals surface area contributed by atoms with Crippen LogP contribution in [0.5, 0.6) is 5.88 Å². The molecule has 1 atom stereocenters. The minimum absolute atomic E-state index is 0.0702. The van der Waals surface area contributed by atoms with Crippen LogP contribution in [0.25, 0.3) is 0 Å². The van der Waals surface area contributed by atoms with Gasteiger partial charge in [0, 0.05) is 16.6 Å². The van der Waals surface area contributed by atoms with E-state index in [0.717, 1.165) is 16.0 Å². The Morgan fingerprint density at radius 1 is 1.48 bits per heavy atom. The number of nitrogens with zero attached hydrogens (tertiary/aromatic N) is 1. The standard InChI is InChI=1S/C16H16Cl2N2O4S/c17-10-3-9(6-23-2-1-21)11(13(18)4-10)5-19-15(22)12-7-24-16-14(12)25-8-20-16/h3-4,8,12,21H,1-2,5-7H2,(H,19,22). The first kappa shape index (κ1) is 18.4. The van der Waals surface area contributed by atoms with Gasteiger partial charge in [0.05, 0.1) is 30.2 Å². The van der Waals surface area contributed by atoms with Crippen molar-refractivity contribution < 1.29 is 19.4 Å². The lowest BCUT2D eigenvalue weighted by molar-refractivity contribution is -0.122. The van der Waals surface area contributed by atoms with Crippen molar-refractivity contribution in [2.45, 2.75) is 19.1 Å². The first-order chi connectivity index (χ1) is 12.1. The summed E-state index contributed by atoms with van der Waals surface area (Å²) in [6.07, 6.45) is 0. The number of aliphatic hydroxyl groups excluding tert-OH is 1. The fraction of sp³-hybridized carbons (Fsp3) is 0.375. The fourth-order valence-corrected chi connectivity index (χ4v) is 3.96. The van der Waals surface area contributed by atoms with E-state index in [2.05, 4.69) is 10.3 Å². The number of thiazole rings is 1. The molecular formula is C16H16Cl2N2O4S. The maximum absolute atomic E-state index is 12.5. The second-order valence-electron chi connectivity index (χ2n) is 5.40. The molecule has 1 aromatic carbocycles. The summed E-state index contributed by atoms with van der Waals surface area (Å²) in [6.45, 7) is 0.930. The Morgan fingerprint density at radius 3 is 3.12 bits per heavy atom. The predicted octanol–water partition coefficient (Wildman–Crippen LogP) is 2.75. The first-order valence-electron chi connectivity index (χ1n) is 7.59. The van der Waals surface area contributed by atoms with E-state index in [-0.39, 0.29) is 38.2 Å². The summed E-state index contributed by atoms with van der Waals surface area (Å²) in [5, 5.41) is 12.7. The molecule has 0 bridgehead atoms. The largest absolute Gasteiger partial charge is 0.476 e. The van der Waals surface area contributed by atoms with E-state index in [1.165, 1.54) is 11.3 Å². The summed E-state index contributed by atoms with van der Waals surface area (Å²) < 4.78 is 10.8. The van der Waals surface area contributed by atoms with Gasteiger partial charge < -0.3 is 19.9 Å². The molecule has 9 heteroatoms. The molecule has 0 saturated heterocycles. The van der Waals surface area contributed by atoms with Crippen LogP contribution in [0.15, 0.2) is 17.6 Å². The van der Waals surface area contributed by atoms with E-state index in [4.69, 9.17) is 37.8 Å². The van der Waals surface area contributed by atoms with Crippen molar-refractivity contribution >= 4 is 40.4 Å². The lowest BCUT2D eigenvalue weighted by Gasteiger charge is -2.15. The lowest BCUT2D eigenvalue weighted by atomic mass is 10.1. The number of carbonyl (C=O) groups is 1. The highest BCUT2D eigenvalue weighted by Crippen LogP contribution is 2.36. The Labute approximate surface area is 158 Å². The number of amides is 1. The molecule has 2 N–H and O–H groups in total. The number of benzene rings is 1. The third-order valence-corrected chi connectivity index (χ3v) is 5.24. The topological polar surface area (TPSA) is 80.7 Å². The highest BCUT2D eigenvalue weighted by atomic mass is 35.5. The molecule has 0 radical (unpaired) electrons. The van der Waals surface area contributed by atoms with E-state index >= 15 is 0 Å². The Bertz CT molecular complexity index is 769. The van der Waals surface area contributed by atoms with E-state index in [9.17, 15) is 4.79 Å². The van der Waals surface area contributed by atoms with Crippen LogP contribution in [0.4, 0.5) is 0 Å². The van der Waals surface area contributed by atoms with Gasteiger partial charge in [-0.25, -0.2) is 4.98 Å². The number of halogens is 2. The van der Waals surface area contributed by atoms with Crippen molar-refractivity contribution in [3.8, 4) is 5.88 Å². The number of fused-ring (bicyclic) bond motifs is 1. The SMILES string of the molecule is O=C(NCc1c(Cl)cc(Cl)cc1COCCO)C1COc2ncsc21. The molecule has 0 spiro atoms. The number of hydrogen-bond donors (Lipinski definition) is 2. The van der Waals surface area contributed by atoms with Crippen LogP contribution < -0.4 is 10.1 Å². The summed E-state index contributed by atoms with van der Waals surface area (Å²) in [5.74, 6) is 0.0340. The molecule has 0 saturated carbocycles. The zero-order valence-corrected chi connectivity index (χ0v) is 15.5. The van der Waals surface area contributed by atoms with E-state index in [0.29, 0.717) is 22.5 Å². The Kier molecular flexibility index (Phi) is 6.14. The molecule has 2 aromatic rings. The number of hydrogen-bond acceptors (Lipinski definition) is 6. The molecule has 2 heterocycles. The second kappa shape index (κ2) is 8.33. The molecule has 0 aliphatic carbocycles. The molecule has 1 amide bonds. The smallest absolute Gasteiger partial charge is 0.232 e. The summed E-state index contributed by atoms with van der Waals surface area (Å²) in [5.41, 5.74) is 3.17. The van der Waals surface area contributed by atoms with Crippen molar-refractivity contribution in [2.75, 3.05) is 19.8 Å². The van der Waals surface area contributed by atoms with Crippen LogP contribution >= 0.6 is 34.5 Å². The Hall–Kier alpha value is -1.38. The van der Waals surface area contributed by atoms with Gasteiger partial charge in [0.1, 0.15) is 12.5 Å².